The van der Waals surface area contributed by atoms with Gasteiger partial charge in [-0.25, -0.2) is 0 Å². The van der Waals surface area contributed by atoms with Crippen molar-refractivity contribution >= 4 is 23.8 Å². The number of hydrogen-bond donors (Lipinski definition) is 4. The van der Waals surface area contributed by atoms with Crippen LogP contribution >= 0.6 is 0 Å². The summed E-state index contributed by atoms with van der Waals surface area (Å²) in [5.41, 5.74) is 14.2. The first-order chi connectivity index (χ1) is 20.9. The second-order valence-corrected chi connectivity index (χ2v) is 10.7. The summed E-state index contributed by atoms with van der Waals surface area (Å²) in [6, 6.07) is 27.6. The first-order valence-electron chi connectivity index (χ1n) is 14.7. The van der Waals surface area contributed by atoms with Gasteiger partial charge in [0.1, 0.15) is 5.75 Å². The second kappa shape index (κ2) is 16.1. The van der Waals surface area contributed by atoms with Crippen LogP contribution in [0.2, 0.25) is 0 Å². The van der Waals surface area contributed by atoms with Gasteiger partial charge in [0.05, 0.1) is 13.2 Å². The normalized spacial score (nSPS) is 17.1. The van der Waals surface area contributed by atoms with Crippen molar-refractivity contribution in [2.45, 2.75) is 37.3 Å². The molecule has 1 aliphatic heterocycles. The number of rotatable bonds is 13. The van der Waals surface area contributed by atoms with Gasteiger partial charge in [-0.2, -0.15) is 0 Å². The van der Waals surface area contributed by atoms with Crippen LogP contribution in [-0.4, -0.2) is 68.0 Å². The number of nitrogens with zero attached hydrogens (tertiary/aromatic N) is 2. The minimum absolute atomic E-state index is 0.0339. The molecule has 0 aromatic heterocycles. The van der Waals surface area contributed by atoms with Gasteiger partial charge >= 0.3 is 0 Å². The fourth-order valence-corrected chi connectivity index (χ4v) is 5.33. The number of ether oxygens (including phenoxy) is 1. The summed E-state index contributed by atoms with van der Waals surface area (Å²) in [6.45, 7) is 1.97. The van der Waals surface area contributed by atoms with E-state index in [1.807, 2.05) is 65.6 Å². The smallest absolute Gasteiger partial charge is 0.244 e. The zero-order valence-corrected chi connectivity index (χ0v) is 24.7. The fourth-order valence-electron chi connectivity index (χ4n) is 5.33. The summed E-state index contributed by atoms with van der Waals surface area (Å²) < 4.78 is 5.25. The van der Waals surface area contributed by atoms with Crippen molar-refractivity contribution in [1.82, 2.24) is 15.5 Å². The van der Waals surface area contributed by atoms with E-state index < -0.39 is 6.04 Å². The highest BCUT2D eigenvalue weighted by atomic mass is 16.5. The third-order valence-corrected chi connectivity index (χ3v) is 7.59. The first kappa shape index (κ1) is 31.3. The minimum atomic E-state index is -0.418. The van der Waals surface area contributed by atoms with Gasteiger partial charge in [-0.1, -0.05) is 72.8 Å². The molecule has 9 heteroatoms. The molecule has 1 aliphatic rings. The Morgan fingerprint density at radius 3 is 2.42 bits per heavy atom. The summed E-state index contributed by atoms with van der Waals surface area (Å²) in [4.78, 5) is 32.7. The van der Waals surface area contributed by atoms with Gasteiger partial charge in [0.15, 0.2) is 5.96 Å². The number of guanidine groups is 1. The van der Waals surface area contributed by atoms with Crippen LogP contribution in [0.25, 0.3) is 6.08 Å². The molecule has 4 rings (SSSR count). The van der Waals surface area contributed by atoms with E-state index in [1.165, 1.54) is 6.08 Å². The average molecular weight is 583 g/mol. The monoisotopic (exact) mass is 582 g/mol. The molecule has 9 nitrogen and oxygen atoms in total. The summed E-state index contributed by atoms with van der Waals surface area (Å²) in [5.74, 6) is 0.652. The molecule has 0 bridgehead atoms. The Bertz CT molecular complexity index is 1340. The van der Waals surface area contributed by atoms with E-state index >= 15 is 0 Å². The summed E-state index contributed by atoms with van der Waals surface area (Å²) in [5, 5.41) is 6.52. The lowest BCUT2D eigenvalue weighted by Gasteiger charge is -2.29. The van der Waals surface area contributed by atoms with Crippen LogP contribution in [0.3, 0.4) is 0 Å². The Labute approximate surface area is 254 Å². The van der Waals surface area contributed by atoms with E-state index in [1.54, 1.807) is 13.2 Å². The van der Waals surface area contributed by atoms with Crippen molar-refractivity contribution in [3.8, 4) is 5.75 Å². The summed E-state index contributed by atoms with van der Waals surface area (Å²) in [6.07, 6.45) is 5.20. The molecule has 3 aromatic carbocycles. The predicted octanol–water partition coefficient (Wildman–Crippen LogP) is 3.27. The van der Waals surface area contributed by atoms with Gasteiger partial charge in [-0.05, 0) is 54.2 Å². The van der Waals surface area contributed by atoms with Crippen LogP contribution in [0.5, 0.6) is 5.75 Å². The molecular formula is C34H42N6O3. The standard InChI is InChI=1S/C34H42N6O3/c1-43-29-15-8-10-25(22-29)17-18-32(41)38-23-28-19-21-40(33(42)31(39-28)16-9-20-37-34(35)36)24-30(26-11-4-2-5-12-26)27-13-6-3-7-14-27/h2-8,10-15,17-18,22,28,30-31,39H,9,16,19-21,23-24H2,1H3,(H,38,41)(H4,35,36,37)/t28-,31-/m0/s1. The van der Waals surface area contributed by atoms with Crippen molar-refractivity contribution in [3.63, 3.8) is 0 Å². The summed E-state index contributed by atoms with van der Waals surface area (Å²) in [7, 11) is 1.61. The highest BCUT2D eigenvalue weighted by Gasteiger charge is 2.32. The lowest BCUT2D eigenvalue weighted by atomic mass is 9.90. The molecule has 0 aliphatic carbocycles. The van der Waals surface area contributed by atoms with Gasteiger partial charge < -0.3 is 31.7 Å². The number of carbonyl (C=O) groups is 2. The van der Waals surface area contributed by atoms with Crippen LogP contribution in [0, 0.1) is 0 Å². The molecule has 2 amide bonds. The molecule has 0 radical (unpaired) electrons. The molecule has 1 heterocycles. The number of aliphatic imine (C=N–C) groups is 1. The van der Waals surface area contributed by atoms with Crippen molar-refractivity contribution < 1.29 is 14.3 Å². The number of amides is 2. The first-order valence-corrected chi connectivity index (χ1v) is 14.7. The van der Waals surface area contributed by atoms with Crippen LogP contribution in [0.1, 0.15) is 41.9 Å². The van der Waals surface area contributed by atoms with Crippen molar-refractivity contribution in [1.29, 1.82) is 0 Å². The van der Waals surface area contributed by atoms with E-state index in [4.69, 9.17) is 16.2 Å². The third kappa shape index (κ3) is 9.72. The number of nitrogens with two attached hydrogens (primary N) is 2. The molecule has 6 N–H and O–H groups in total. The number of benzene rings is 3. The van der Waals surface area contributed by atoms with E-state index in [9.17, 15) is 9.59 Å². The van der Waals surface area contributed by atoms with Crippen molar-refractivity contribution in [2.75, 3.05) is 33.3 Å². The van der Waals surface area contributed by atoms with Gasteiger partial charge in [-0.15, -0.1) is 0 Å². The molecule has 1 saturated heterocycles. The van der Waals surface area contributed by atoms with E-state index in [0.717, 1.165) is 22.4 Å². The van der Waals surface area contributed by atoms with Crippen LogP contribution in [-0.2, 0) is 9.59 Å². The van der Waals surface area contributed by atoms with Gasteiger partial charge in [0, 0.05) is 44.2 Å². The molecule has 0 saturated carbocycles. The minimum Gasteiger partial charge on any atom is -0.497 e. The quantitative estimate of drug-likeness (QED) is 0.106. The van der Waals surface area contributed by atoms with Gasteiger partial charge in [0.25, 0.3) is 0 Å². The number of methoxy groups -OCH3 is 1. The van der Waals surface area contributed by atoms with Crippen LogP contribution in [0.4, 0.5) is 0 Å². The van der Waals surface area contributed by atoms with E-state index in [2.05, 4.69) is 39.9 Å². The number of hydrogen-bond acceptors (Lipinski definition) is 5. The average Bonchev–Trinajstić information content (AvgIpc) is 3.18. The molecule has 0 unspecified atom stereocenters. The molecule has 43 heavy (non-hydrogen) atoms. The number of nitrogens with one attached hydrogen (secondary N) is 2. The van der Waals surface area contributed by atoms with Crippen LogP contribution < -0.4 is 26.8 Å². The second-order valence-electron chi connectivity index (χ2n) is 10.7. The lowest BCUT2D eigenvalue weighted by molar-refractivity contribution is -0.133. The Kier molecular flexibility index (Phi) is 11.7. The maximum absolute atomic E-state index is 13.9. The molecule has 2 atom stereocenters. The maximum Gasteiger partial charge on any atom is 0.244 e. The van der Waals surface area contributed by atoms with Gasteiger partial charge in [0.2, 0.25) is 11.8 Å². The Hall–Kier alpha value is -4.63. The molecule has 226 valence electrons. The third-order valence-electron chi connectivity index (χ3n) is 7.59. The molecular weight excluding hydrogens is 540 g/mol. The lowest BCUT2D eigenvalue weighted by Crippen LogP contribution is -2.49. The van der Waals surface area contributed by atoms with Crippen molar-refractivity contribution in [3.05, 3.63) is 108 Å². The Morgan fingerprint density at radius 1 is 1.07 bits per heavy atom. The Morgan fingerprint density at radius 2 is 1.77 bits per heavy atom. The number of carbonyl (C=O) groups excluding carboxylic acids is 2. The van der Waals surface area contributed by atoms with Crippen LogP contribution in [0.15, 0.2) is 96.0 Å². The highest BCUT2D eigenvalue weighted by molar-refractivity contribution is 5.91. The predicted molar refractivity (Wildman–Crippen MR) is 172 cm³/mol. The molecule has 3 aromatic rings. The molecule has 0 spiro atoms. The zero-order chi connectivity index (χ0) is 30.4. The largest absolute Gasteiger partial charge is 0.497 e. The van der Waals surface area contributed by atoms with E-state index in [0.29, 0.717) is 45.4 Å². The molecule has 1 fully saturated rings. The van der Waals surface area contributed by atoms with Crippen molar-refractivity contribution in [2.24, 2.45) is 16.5 Å². The highest BCUT2D eigenvalue weighted by Crippen LogP contribution is 2.27. The van der Waals surface area contributed by atoms with E-state index in [-0.39, 0.29) is 29.7 Å². The SMILES string of the molecule is COc1cccc(C=CC(=O)NC[C@@H]2CCN(CC(c3ccccc3)c3ccccc3)C(=O)[C@H](CCCN=C(N)N)N2)c1. The Balaban J connectivity index is 1.46. The van der Waals surface area contributed by atoms with Gasteiger partial charge in [-0.3, -0.25) is 14.6 Å². The maximum atomic E-state index is 13.9. The zero-order valence-electron chi connectivity index (χ0n) is 24.7. The topological polar surface area (TPSA) is 135 Å². The summed E-state index contributed by atoms with van der Waals surface area (Å²) >= 11 is 0. The fraction of sp³-hybridized carbons (Fsp3) is 0.324.